The van der Waals surface area contributed by atoms with E-state index in [1.165, 1.54) is 40.2 Å². The lowest BCUT2D eigenvalue weighted by molar-refractivity contribution is -0.161. The monoisotopic (exact) mass is 404 g/mol. The molecule has 3 aliphatic heterocycles. The molecular formula is C14H16N2O6S3. The van der Waals surface area contributed by atoms with Crippen LogP contribution >= 0.6 is 35.3 Å². The molecule has 3 rings (SSSR count). The maximum absolute atomic E-state index is 12.4. The van der Waals surface area contributed by atoms with Crippen LogP contribution < -0.4 is 5.32 Å². The van der Waals surface area contributed by atoms with Gasteiger partial charge in [0, 0.05) is 16.3 Å². The van der Waals surface area contributed by atoms with Crippen LogP contribution in [0, 0.1) is 0 Å². The molecule has 0 spiro atoms. The van der Waals surface area contributed by atoms with Gasteiger partial charge in [0.2, 0.25) is 5.91 Å². The van der Waals surface area contributed by atoms with Crippen molar-refractivity contribution in [1.29, 1.82) is 0 Å². The molecule has 3 fully saturated rings. The molecule has 2 amide bonds. The van der Waals surface area contributed by atoms with Crippen LogP contribution in [0.3, 0.4) is 0 Å². The summed E-state index contributed by atoms with van der Waals surface area (Å²) >= 11 is 3.91. The Labute approximate surface area is 156 Å². The van der Waals surface area contributed by atoms with Crippen molar-refractivity contribution in [3.8, 4) is 0 Å². The van der Waals surface area contributed by atoms with Gasteiger partial charge >= 0.3 is 11.9 Å². The highest BCUT2D eigenvalue weighted by molar-refractivity contribution is 8.25. The van der Waals surface area contributed by atoms with Crippen LogP contribution in [0.1, 0.15) is 13.8 Å². The molecule has 0 aliphatic carbocycles. The number of fused-ring (bicyclic) bond motifs is 1. The summed E-state index contributed by atoms with van der Waals surface area (Å²) in [5, 5.41) is 20.7. The number of nitrogens with zero attached hydrogens (tertiary/aromatic N) is 1. The second kappa shape index (κ2) is 6.44. The Morgan fingerprint density at radius 1 is 1.20 bits per heavy atom. The van der Waals surface area contributed by atoms with E-state index >= 15 is 0 Å². The van der Waals surface area contributed by atoms with Crippen molar-refractivity contribution < 1.29 is 29.4 Å². The van der Waals surface area contributed by atoms with Gasteiger partial charge in [-0.1, -0.05) is 0 Å². The number of carbonyl (C=O) groups is 4. The molecule has 0 saturated carbocycles. The summed E-state index contributed by atoms with van der Waals surface area (Å²) in [7, 11) is 0. The average molecular weight is 404 g/mol. The fourth-order valence-electron chi connectivity index (χ4n) is 3.09. The molecule has 3 aliphatic rings. The van der Waals surface area contributed by atoms with Crippen molar-refractivity contribution in [2.45, 2.75) is 36.1 Å². The number of hydrogen-bond donors (Lipinski definition) is 3. The van der Waals surface area contributed by atoms with Crippen LogP contribution in [0.4, 0.5) is 0 Å². The van der Waals surface area contributed by atoms with Crippen molar-refractivity contribution in [2.24, 2.45) is 0 Å². The molecule has 11 heteroatoms. The van der Waals surface area contributed by atoms with E-state index in [4.69, 9.17) is 0 Å². The van der Waals surface area contributed by atoms with Gasteiger partial charge in [0.25, 0.3) is 5.91 Å². The summed E-state index contributed by atoms with van der Waals surface area (Å²) in [6, 6.07) is -1.88. The molecule has 1 unspecified atom stereocenters. The first kappa shape index (κ1) is 18.5. The zero-order valence-corrected chi connectivity index (χ0v) is 15.8. The summed E-state index contributed by atoms with van der Waals surface area (Å²) < 4.78 is -0.256. The van der Waals surface area contributed by atoms with E-state index in [1.807, 2.05) is 0 Å². The number of carbonyl (C=O) groups excluding carboxylic acids is 2. The molecule has 136 valence electrons. The van der Waals surface area contributed by atoms with Crippen molar-refractivity contribution >= 4 is 59.0 Å². The van der Waals surface area contributed by atoms with Crippen molar-refractivity contribution in [2.75, 3.05) is 11.5 Å². The van der Waals surface area contributed by atoms with Crippen molar-refractivity contribution in [3.05, 3.63) is 9.81 Å². The Bertz CT molecular complexity index is 699. The Kier molecular flexibility index (Phi) is 4.75. The fourth-order valence-corrected chi connectivity index (χ4v) is 7.24. The molecule has 3 N–H and O–H groups in total. The number of rotatable bonds is 4. The number of amides is 2. The first-order chi connectivity index (χ1) is 11.6. The van der Waals surface area contributed by atoms with Crippen molar-refractivity contribution in [1.82, 2.24) is 10.2 Å². The van der Waals surface area contributed by atoms with E-state index in [1.54, 1.807) is 13.8 Å². The maximum Gasteiger partial charge on any atom is 0.343 e. The number of β-lactam (4-membered cyclic amide) rings is 1. The first-order valence-corrected chi connectivity index (χ1v) is 10.3. The van der Waals surface area contributed by atoms with Gasteiger partial charge in [-0.25, -0.2) is 9.59 Å². The second-order valence-corrected chi connectivity index (χ2v) is 10.5. The molecule has 3 atom stereocenters. The molecule has 0 aromatic carbocycles. The van der Waals surface area contributed by atoms with E-state index in [9.17, 15) is 29.4 Å². The smallest absolute Gasteiger partial charge is 0.343 e. The van der Waals surface area contributed by atoms with E-state index in [-0.39, 0.29) is 5.57 Å². The van der Waals surface area contributed by atoms with Gasteiger partial charge in [0.05, 0.1) is 4.24 Å². The molecule has 3 saturated heterocycles. The minimum atomic E-state index is -1.33. The molecule has 0 bridgehead atoms. The number of thioether (sulfide) groups is 3. The van der Waals surface area contributed by atoms with Crippen LogP contribution in [-0.4, -0.2) is 72.6 Å². The molecule has 0 radical (unpaired) electrons. The third-order valence-electron chi connectivity index (χ3n) is 4.16. The Hall–Kier alpha value is -1.33. The normalized spacial score (nSPS) is 29.8. The fraction of sp³-hybridized carbons (Fsp3) is 0.571. The van der Waals surface area contributed by atoms with Crippen LogP contribution in [0.2, 0.25) is 0 Å². The number of nitrogens with one attached hydrogen (secondary N) is 1. The zero-order valence-electron chi connectivity index (χ0n) is 13.3. The van der Waals surface area contributed by atoms with Gasteiger partial charge < -0.3 is 20.4 Å². The Morgan fingerprint density at radius 2 is 1.80 bits per heavy atom. The third-order valence-corrected chi connectivity index (χ3v) is 8.44. The van der Waals surface area contributed by atoms with Gasteiger partial charge in [-0.15, -0.1) is 35.3 Å². The summed E-state index contributed by atoms with van der Waals surface area (Å²) in [4.78, 5) is 48.9. The SMILES string of the molecule is CC1(C)S[C@H]2[C@H](NC(=O)C(C(=O)O)=C3SCCS3)C(=O)N2C1C(=O)O. The lowest BCUT2D eigenvalue weighted by Crippen LogP contribution is -2.70. The van der Waals surface area contributed by atoms with E-state index in [0.717, 1.165) is 11.5 Å². The molecule has 8 nitrogen and oxygen atoms in total. The van der Waals surface area contributed by atoms with E-state index in [2.05, 4.69) is 5.32 Å². The number of aliphatic carboxylic acids is 2. The van der Waals surface area contributed by atoms with Gasteiger partial charge in [-0.3, -0.25) is 9.59 Å². The number of hydrogen-bond acceptors (Lipinski definition) is 7. The van der Waals surface area contributed by atoms with Crippen LogP contribution in [-0.2, 0) is 19.2 Å². The Morgan fingerprint density at radius 3 is 2.32 bits per heavy atom. The molecule has 25 heavy (non-hydrogen) atoms. The van der Waals surface area contributed by atoms with E-state index in [0.29, 0.717) is 4.24 Å². The third kappa shape index (κ3) is 3.02. The Balaban J connectivity index is 1.78. The second-order valence-electron chi connectivity index (χ2n) is 6.21. The predicted octanol–water partition coefficient (Wildman–Crippen LogP) is 0.394. The van der Waals surface area contributed by atoms with Gasteiger partial charge in [0.15, 0.2) is 0 Å². The van der Waals surface area contributed by atoms with E-state index < -0.39 is 46.0 Å². The quantitative estimate of drug-likeness (QED) is 0.264. The van der Waals surface area contributed by atoms with Crippen molar-refractivity contribution in [3.63, 3.8) is 0 Å². The lowest BCUT2D eigenvalue weighted by Gasteiger charge is -2.43. The largest absolute Gasteiger partial charge is 0.480 e. The number of carboxylic acids is 2. The van der Waals surface area contributed by atoms with Gasteiger partial charge in [-0.2, -0.15) is 0 Å². The average Bonchev–Trinajstić information content (AvgIpc) is 3.09. The summed E-state index contributed by atoms with van der Waals surface area (Å²) in [5.41, 5.74) is -0.351. The minimum Gasteiger partial charge on any atom is -0.480 e. The minimum absolute atomic E-state index is 0.351. The molecule has 0 aromatic rings. The number of carboxylic acid groups (broad SMARTS) is 2. The standard InChI is InChI=1S/C14H16N2O6S3/c1-14(2)7(12(21)22)16-9(18)6(10(16)25-14)15-8(17)5(11(19)20)13-23-3-4-24-13/h6-7,10H,3-4H2,1-2H3,(H,15,17)(H,19,20)(H,21,22)/t6-,7?,10+/m1/s1. The zero-order chi connectivity index (χ0) is 18.5. The van der Waals surface area contributed by atoms with Crippen LogP contribution in [0.25, 0.3) is 0 Å². The highest BCUT2D eigenvalue weighted by Crippen LogP contribution is 2.50. The maximum atomic E-state index is 12.4. The molecule has 3 heterocycles. The van der Waals surface area contributed by atoms with Gasteiger partial charge in [0.1, 0.15) is 23.0 Å². The molecule has 0 aromatic heterocycles. The summed E-state index contributed by atoms with van der Waals surface area (Å²) in [6.45, 7) is 3.47. The lowest BCUT2D eigenvalue weighted by atomic mass is 9.96. The highest BCUT2D eigenvalue weighted by Gasteiger charge is 2.64. The predicted molar refractivity (Wildman–Crippen MR) is 95.2 cm³/mol. The molecular weight excluding hydrogens is 388 g/mol. The van der Waals surface area contributed by atoms with Crippen LogP contribution in [0.15, 0.2) is 9.81 Å². The highest BCUT2D eigenvalue weighted by atomic mass is 32.2. The topological polar surface area (TPSA) is 124 Å². The summed E-state index contributed by atoms with van der Waals surface area (Å²) in [6.07, 6.45) is 0. The first-order valence-electron chi connectivity index (χ1n) is 7.42. The summed E-state index contributed by atoms with van der Waals surface area (Å²) in [5.74, 6) is -2.27. The van der Waals surface area contributed by atoms with Crippen LogP contribution in [0.5, 0.6) is 0 Å². The van der Waals surface area contributed by atoms with Gasteiger partial charge in [-0.05, 0) is 13.8 Å².